The van der Waals surface area contributed by atoms with Gasteiger partial charge in [-0.15, -0.1) is 12.4 Å². The molecule has 2 aromatic rings. The van der Waals surface area contributed by atoms with Gasteiger partial charge < -0.3 is 15.8 Å². The lowest BCUT2D eigenvalue weighted by atomic mass is 10.1. The molecule has 0 heterocycles. The molecule has 0 aromatic heterocycles. The van der Waals surface area contributed by atoms with Crippen LogP contribution in [0.3, 0.4) is 0 Å². The summed E-state index contributed by atoms with van der Waals surface area (Å²) in [6, 6.07) is 14.9. The predicted octanol–water partition coefficient (Wildman–Crippen LogP) is 4.19. The SMILES string of the molecule is Cl.Nc1ccc(CC(=O)Nc2ccc(OC3CCCC3)cc2)cc1. The van der Waals surface area contributed by atoms with Crippen molar-refractivity contribution in [3.63, 3.8) is 0 Å². The molecule has 1 aliphatic carbocycles. The summed E-state index contributed by atoms with van der Waals surface area (Å²) in [5, 5.41) is 2.90. The highest BCUT2D eigenvalue weighted by Crippen LogP contribution is 2.25. The molecule has 3 rings (SSSR count). The Morgan fingerprint density at radius 3 is 2.29 bits per heavy atom. The second-order valence-electron chi connectivity index (χ2n) is 6.02. The van der Waals surface area contributed by atoms with Crippen LogP contribution in [0, 0.1) is 0 Å². The van der Waals surface area contributed by atoms with E-state index >= 15 is 0 Å². The fraction of sp³-hybridized carbons (Fsp3) is 0.316. The van der Waals surface area contributed by atoms with E-state index in [0.717, 1.165) is 29.8 Å². The zero-order valence-electron chi connectivity index (χ0n) is 13.5. The van der Waals surface area contributed by atoms with Gasteiger partial charge in [0.1, 0.15) is 5.75 Å². The van der Waals surface area contributed by atoms with E-state index < -0.39 is 0 Å². The summed E-state index contributed by atoms with van der Waals surface area (Å²) in [6.07, 6.45) is 5.47. The maximum absolute atomic E-state index is 12.1. The molecule has 1 aliphatic rings. The zero-order chi connectivity index (χ0) is 16.1. The van der Waals surface area contributed by atoms with E-state index in [9.17, 15) is 4.79 Å². The van der Waals surface area contributed by atoms with E-state index in [-0.39, 0.29) is 18.3 Å². The summed E-state index contributed by atoms with van der Waals surface area (Å²) >= 11 is 0. The standard InChI is InChI=1S/C19H22N2O2.ClH/c20-15-7-5-14(6-8-15)13-19(22)21-16-9-11-18(12-10-16)23-17-3-1-2-4-17;/h5-12,17H,1-4,13,20H2,(H,21,22);1H. The van der Waals surface area contributed by atoms with Crippen LogP contribution in [0.1, 0.15) is 31.2 Å². The normalized spacial score (nSPS) is 14.0. The average Bonchev–Trinajstić information content (AvgIpc) is 3.04. The number of ether oxygens (including phenoxy) is 1. The van der Waals surface area contributed by atoms with Gasteiger partial charge in [-0.25, -0.2) is 0 Å². The van der Waals surface area contributed by atoms with E-state index in [1.54, 1.807) is 12.1 Å². The van der Waals surface area contributed by atoms with Crippen LogP contribution >= 0.6 is 12.4 Å². The van der Waals surface area contributed by atoms with Crippen LogP contribution in [-0.2, 0) is 11.2 Å². The van der Waals surface area contributed by atoms with Crippen molar-refractivity contribution in [3.05, 3.63) is 54.1 Å². The summed E-state index contributed by atoms with van der Waals surface area (Å²) in [5.74, 6) is 0.827. The van der Waals surface area contributed by atoms with Gasteiger partial charge in [0, 0.05) is 11.4 Å². The molecule has 1 saturated carbocycles. The summed E-state index contributed by atoms with van der Waals surface area (Å²) in [7, 11) is 0. The van der Waals surface area contributed by atoms with Gasteiger partial charge in [-0.1, -0.05) is 12.1 Å². The fourth-order valence-corrected chi connectivity index (χ4v) is 2.84. The maximum atomic E-state index is 12.1. The fourth-order valence-electron chi connectivity index (χ4n) is 2.84. The van der Waals surface area contributed by atoms with Crippen molar-refractivity contribution in [3.8, 4) is 5.75 Å². The van der Waals surface area contributed by atoms with Crippen LogP contribution in [0.4, 0.5) is 11.4 Å². The van der Waals surface area contributed by atoms with Gasteiger partial charge in [0.25, 0.3) is 0 Å². The Morgan fingerprint density at radius 2 is 1.67 bits per heavy atom. The minimum Gasteiger partial charge on any atom is -0.490 e. The number of anilines is 2. The van der Waals surface area contributed by atoms with E-state index in [4.69, 9.17) is 10.5 Å². The Labute approximate surface area is 148 Å². The Balaban J connectivity index is 0.00000208. The van der Waals surface area contributed by atoms with Gasteiger partial charge in [0.2, 0.25) is 5.91 Å². The molecule has 0 bridgehead atoms. The molecule has 1 fully saturated rings. The molecule has 128 valence electrons. The molecule has 1 amide bonds. The topological polar surface area (TPSA) is 64.4 Å². The molecule has 4 nitrogen and oxygen atoms in total. The number of hydrogen-bond donors (Lipinski definition) is 2. The summed E-state index contributed by atoms with van der Waals surface area (Å²) < 4.78 is 5.92. The molecule has 5 heteroatoms. The van der Waals surface area contributed by atoms with Crippen molar-refractivity contribution < 1.29 is 9.53 Å². The Bertz CT molecular complexity index is 650. The van der Waals surface area contributed by atoms with Crippen LogP contribution in [0.5, 0.6) is 5.75 Å². The quantitative estimate of drug-likeness (QED) is 0.798. The average molecular weight is 347 g/mol. The van der Waals surface area contributed by atoms with Crippen LogP contribution in [0.25, 0.3) is 0 Å². The highest BCUT2D eigenvalue weighted by atomic mass is 35.5. The number of benzene rings is 2. The van der Waals surface area contributed by atoms with Crippen LogP contribution < -0.4 is 15.8 Å². The zero-order valence-corrected chi connectivity index (χ0v) is 14.4. The summed E-state index contributed by atoms with van der Waals surface area (Å²) in [5.41, 5.74) is 8.07. The number of hydrogen-bond acceptors (Lipinski definition) is 3. The minimum absolute atomic E-state index is 0. The molecule has 0 spiro atoms. The van der Waals surface area contributed by atoms with Gasteiger partial charge in [-0.05, 0) is 67.6 Å². The van der Waals surface area contributed by atoms with Gasteiger partial charge in [0.15, 0.2) is 0 Å². The van der Waals surface area contributed by atoms with Crippen molar-refractivity contribution in [2.24, 2.45) is 0 Å². The van der Waals surface area contributed by atoms with Crippen molar-refractivity contribution in [2.45, 2.75) is 38.2 Å². The number of rotatable bonds is 5. The van der Waals surface area contributed by atoms with E-state index in [2.05, 4.69) is 5.32 Å². The third-order valence-electron chi connectivity index (χ3n) is 4.09. The van der Waals surface area contributed by atoms with Gasteiger partial charge >= 0.3 is 0 Å². The monoisotopic (exact) mass is 346 g/mol. The number of amides is 1. The highest BCUT2D eigenvalue weighted by molar-refractivity contribution is 5.92. The first-order chi connectivity index (χ1) is 11.2. The molecular formula is C19H23ClN2O2. The lowest BCUT2D eigenvalue weighted by molar-refractivity contribution is -0.115. The molecule has 0 radical (unpaired) electrons. The van der Waals surface area contributed by atoms with Crippen molar-refractivity contribution in [1.29, 1.82) is 0 Å². The van der Waals surface area contributed by atoms with Gasteiger partial charge in [-0.2, -0.15) is 0 Å². The molecule has 0 saturated heterocycles. The first-order valence-electron chi connectivity index (χ1n) is 8.10. The molecular weight excluding hydrogens is 324 g/mol. The Kier molecular flexibility index (Phi) is 6.50. The molecule has 0 unspecified atom stereocenters. The van der Waals surface area contributed by atoms with Gasteiger partial charge in [-0.3, -0.25) is 4.79 Å². The smallest absolute Gasteiger partial charge is 0.228 e. The lowest BCUT2D eigenvalue weighted by Crippen LogP contribution is -2.14. The summed E-state index contributed by atoms with van der Waals surface area (Å²) in [4.78, 5) is 12.1. The van der Waals surface area contributed by atoms with Crippen LogP contribution in [-0.4, -0.2) is 12.0 Å². The predicted molar refractivity (Wildman–Crippen MR) is 99.8 cm³/mol. The third kappa shape index (κ3) is 5.17. The molecule has 3 N–H and O–H groups in total. The number of nitrogens with one attached hydrogen (secondary N) is 1. The lowest BCUT2D eigenvalue weighted by Gasteiger charge is -2.13. The number of nitrogens with two attached hydrogens (primary N) is 1. The van der Waals surface area contributed by atoms with Crippen LogP contribution in [0.15, 0.2) is 48.5 Å². The molecule has 0 atom stereocenters. The Hall–Kier alpha value is -2.20. The number of nitrogen functional groups attached to an aromatic ring is 1. The number of carbonyl (C=O) groups excluding carboxylic acids is 1. The third-order valence-corrected chi connectivity index (χ3v) is 4.09. The van der Waals surface area contributed by atoms with Crippen molar-refractivity contribution in [2.75, 3.05) is 11.1 Å². The second kappa shape index (κ2) is 8.60. The van der Waals surface area contributed by atoms with E-state index in [1.807, 2.05) is 36.4 Å². The van der Waals surface area contributed by atoms with Crippen molar-refractivity contribution in [1.82, 2.24) is 0 Å². The van der Waals surface area contributed by atoms with Crippen molar-refractivity contribution >= 4 is 29.7 Å². The molecule has 24 heavy (non-hydrogen) atoms. The largest absolute Gasteiger partial charge is 0.490 e. The molecule has 2 aromatic carbocycles. The maximum Gasteiger partial charge on any atom is 0.228 e. The first kappa shape index (κ1) is 18.1. The summed E-state index contributed by atoms with van der Waals surface area (Å²) in [6.45, 7) is 0. The first-order valence-corrected chi connectivity index (χ1v) is 8.10. The second-order valence-corrected chi connectivity index (χ2v) is 6.02. The van der Waals surface area contributed by atoms with Gasteiger partial charge in [0.05, 0.1) is 12.5 Å². The minimum atomic E-state index is -0.0424. The number of halogens is 1. The van der Waals surface area contributed by atoms with Crippen LogP contribution in [0.2, 0.25) is 0 Å². The Morgan fingerprint density at radius 1 is 1.04 bits per heavy atom. The molecule has 0 aliphatic heterocycles. The van der Waals surface area contributed by atoms with E-state index in [1.165, 1.54) is 12.8 Å². The highest BCUT2D eigenvalue weighted by Gasteiger charge is 2.16. The van der Waals surface area contributed by atoms with E-state index in [0.29, 0.717) is 18.2 Å². The number of carbonyl (C=O) groups is 1.